The summed E-state index contributed by atoms with van der Waals surface area (Å²) in [7, 11) is 4.68. The largest absolute Gasteiger partial charge is 0.493 e. The molecule has 5 heteroatoms. The van der Waals surface area contributed by atoms with Crippen LogP contribution in [0.1, 0.15) is 18.9 Å². The van der Waals surface area contributed by atoms with Crippen molar-refractivity contribution in [3.05, 3.63) is 17.7 Å². The predicted octanol–water partition coefficient (Wildman–Crippen LogP) is 1.77. The van der Waals surface area contributed by atoms with Gasteiger partial charge in [0.05, 0.1) is 21.3 Å². The third kappa shape index (κ3) is 3.53. The average molecular weight is 267 g/mol. The van der Waals surface area contributed by atoms with Crippen molar-refractivity contribution >= 4 is 5.91 Å². The summed E-state index contributed by atoms with van der Waals surface area (Å²) in [4.78, 5) is 11.3. The van der Waals surface area contributed by atoms with Crippen molar-refractivity contribution in [2.75, 3.05) is 21.3 Å². The second-order valence-electron chi connectivity index (χ2n) is 4.25. The summed E-state index contributed by atoms with van der Waals surface area (Å²) in [5.41, 5.74) is 6.30. The number of benzene rings is 1. The Balaban J connectivity index is 3.12. The lowest BCUT2D eigenvalue weighted by Crippen LogP contribution is -2.24. The number of primary amides is 1. The van der Waals surface area contributed by atoms with E-state index >= 15 is 0 Å². The molecule has 0 aliphatic carbocycles. The third-order valence-electron chi connectivity index (χ3n) is 3.10. The Morgan fingerprint density at radius 2 is 1.68 bits per heavy atom. The topological polar surface area (TPSA) is 70.8 Å². The lowest BCUT2D eigenvalue weighted by molar-refractivity contribution is -0.121. The molecule has 1 aromatic carbocycles. The molecule has 0 bridgehead atoms. The van der Waals surface area contributed by atoms with Crippen molar-refractivity contribution in [2.24, 2.45) is 11.7 Å². The summed E-state index contributed by atoms with van der Waals surface area (Å²) in [6.45, 7) is 1.94. The summed E-state index contributed by atoms with van der Waals surface area (Å²) < 4.78 is 15.8. The first kappa shape index (κ1) is 15.1. The molecular formula is C14H21NO4. The maximum Gasteiger partial charge on any atom is 0.220 e. The van der Waals surface area contributed by atoms with Gasteiger partial charge >= 0.3 is 0 Å². The van der Waals surface area contributed by atoms with Crippen LogP contribution in [0.15, 0.2) is 12.1 Å². The maximum atomic E-state index is 11.3. The quantitative estimate of drug-likeness (QED) is 0.817. The van der Waals surface area contributed by atoms with Crippen LogP contribution in [0.25, 0.3) is 0 Å². The summed E-state index contributed by atoms with van der Waals surface area (Å²) in [5.74, 6) is 1.22. The minimum absolute atomic E-state index is 0.192. The Morgan fingerprint density at radius 3 is 2.00 bits per heavy atom. The van der Waals surface area contributed by atoms with E-state index < -0.39 is 0 Å². The zero-order chi connectivity index (χ0) is 14.4. The van der Waals surface area contributed by atoms with Gasteiger partial charge in [0.2, 0.25) is 11.7 Å². The highest BCUT2D eigenvalue weighted by Crippen LogP contribution is 2.38. The molecule has 106 valence electrons. The molecule has 1 atom stereocenters. The Labute approximate surface area is 113 Å². The van der Waals surface area contributed by atoms with Crippen LogP contribution in [0.5, 0.6) is 17.2 Å². The Kier molecular flexibility index (Phi) is 5.48. The molecule has 19 heavy (non-hydrogen) atoms. The fourth-order valence-corrected chi connectivity index (χ4v) is 1.98. The first-order valence-corrected chi connectivity index (χ1v) is 6.15. The number of hydrogen-bond acceptors (Lipinski definition) is 4. The normalized spacial score (nSPS) is 11.8. The van der Waals surface area contributed by atoms with E-state index in [0.29, 0.717) is 30.1 Å². The van der Waals surface area contributed by atoms with E-state index in [2.05, 4.69) is 0 Å². The van der Waals surface area contributed by atoms with Crippen molar-refractivity contribution in [3.8, 4) is 17.2 Å². The van der Waals surface area contributed by atoms with E-state index in [9.17, 15) is 4.79 Å². The highest BCUT2D eigenvalue weighted by atomic mass is 16.5. The lowest BCUT2D eigenvalue weighted by atomic mass is 9.96. The van der Waals surface area contributed by atoms with Crippen LogP contribution >= 0.6 is 0 Å². The van der Waals surface area contributed by atoms with Crippen LogP contribution in [0.4, 0.5) is 0 Å². The van der Waals surface area contributed by atoms with Gasteiger partial charge in [-0.05, 0) is 30.5 Å². The number of carbonyl (C=O) groups is 1. The first-order chi connectivity index (χ1) is 9.07. The maximum absolute atomic E-state index is 11.3. The molecule has 2 N–H and O–H groups in total. The summed E-state index contributed by atoms with van der Waals surface area (Å²) in [5, 5.41) is 0. The molecule has 0 saturated carbocycles. The molecule has 0 aliphatic heterocycles. The number of carbonyl (C=O) groups excluding carboxylic acids is 1. The smallest absolute Gasteiger partial charge is 0.220 e. The van der Waals surface area contributed by atoms with Gasteiger partial charge in [0.15, 0.2) is 11.5 Å². The second-order valence-corrected chi connectivity index (χ2v) is 4.25. The predicted molar refractivity (Wildman–Crippen MR) is 72.8 cm³/mol. The van der Waals surface area contributed by atoms with Gasteiger partial charge in [-0.15, -0.1) is 0 Å². The zero-order valence-corrected chi connectivity index (χ0v) is 11.9. The minimum Gasteiger partial charge on any atom is -0.493 e. The summed E-state index contributed by atoms with van der Waals surface area (Å²) in [6, 6.07) is 3.68. The second kappa shape index (κ2) is 6.87. The molecule has 0 saturated heterocycles. The Morgan fingerprint density at radius 1 is 1.16 bits per heavy atom. The number of methoxy groups -OCH3 is 3. The van der Waals surface area contributed by atoms with Crippen molar-refractivity contribution in [1.82, 2.24) is 0 Å². The molecule has 0 fully saturated rings. The van der Waals surface area contributed by atoms with Crippen molar-refractivity contribution in [1.29, 1.82) is 0 Å². The molecule has 0 aliphatic rings. The van der Waals surface area contributed by atoms with Gasteiger partial charge in [-0.25, -0.2) is 0 Å². The summed E-state index contributed by atoms with van der Waals surface area (Å²) >= 11 is 0. The minimum atomic E-state index is -0.295. The lowest BCUT2D eigenvalue weighted by Gasteiger charge is -2.16. The van der Waals surface area contributed by atoms with Crippen molar-refractivity contribution in [3.63, 3.8) is 0 Å². The molecule has 0 heterocycles. The molecular weight excluding hydrogens is 246 g/mol. The molecule has 0 radical (unpaired) electrons. The van der Waals surface area contributed by atoms with Gasteiger partial charge < -0.3 is 19.9 Å². The molecule has 0 spiro atoms. The number of nitrogens with two attached hydrogens (primary N) is 1. The standard InChI is InChI=1S/C14H21NO4/c1-5-10(14(15)16)6-9-7-11(17-2)13(19-4)12(8-9)18-3/h7-8,10H,5-6H2,1-4H3,(H2,15,16). The molecule has 5 nitrogen and oxygen atoms in total. The highest BCUT2D eigenvalue weighted by molar-refractivity contribution is 5.77. The zero-order valence-electron chi connectivity index (χ0n) is 11.9. The van der Waals surface area contributed by atoms with Gasteiger partial charge in [-0.1, -0.05) is 6.92 Å². The van der Waals surface area contributed by atoms with E-state index in [1.54, 1.807) is 21.3 Å². The fourth-order valence-electron chi connectivity index (χ4n) is 1.98. The molecule has 1 aromatic rings. The third-order valence-corrected chi connectivity index (χ3v) is 3.10. The molecule has 1 amide bonds. The van der Waals surface area contributed by atoms with E-state index in [0.717, 1.165) is 5.56 Å². The monoisotopic (exact) mass is 267 g/mol. The number of ether oxygens (including phenoxy) is 3. The van der Waals surface area contributed by atoms with E-state index in [1.165, 1.54) is 0 Å². The SMILES string of the molecule is CCC(Cc1cc(OC)c(OC)c(OC)c1)C(N)=O. The first-order valence-electron chi connectivity index (χ1n) is 6.15. The van der Waals surface area contributed by atoms with Crippen LogP contribution in [0.2, 0.25) is 0 Å². The molecule has 1 rings (SSSR count). The van der Waals surface area contributed by atoms with Gasteiger partial charge in [0.1, 0.15) is 0 Å². The van der Waals surface area contributed by atoms with E-state index in [1.807, 2.05) is 19.1 Å². The van der Waals surface area contributed by atoms with Crippen LogP contribution < -0.4 is 19.9 Å². The van der Waals surface area contributed by atoms with Crippen LogP contribution in [-0.4, -0.2) is 27.2 Å². The summed E-state index contributed by atoms with van der Waals surface area (Å²) in [6.07, 6.45) is 1.26. The van der Waals surface area contributed by atoms with Gasteiger partial charge in [0.25, 0.3) is 0 Å². The fraction of sp³-hybridized carbons (Fsp3) is 0.500. The van der Waals surface area contributed by atoms with Crippen LogP contribution in [0, 0.1) is 5.92 Å². The Bertz CT molecular complexity index is 420. The van der Waals surface area contributed by atoms with Gasteiger partial charge in [-0.3, -0.25) is 4.79 Å². The number of amides is 1. The number of rotatable bonds is 7. The van der Waals surface area contributed by atoms with E-state index in [4.69, 9.17) is 19.9 Å². The molecule has 1 unspecified atom stereocenters. The van der Waals surface area contributed by atoms with Gasteiger partial charge in [0, 0.05) is 5.92 Å². The average Bonchev–Trinajstić information content (AvgIpc) is 2.42. The van der Waals surface area contributed by atoms with Crippen LogP contribution in [0.3, 0.4) is 0 Å². The van der Waals surface area contributed by atoms with Gasteiger partial charge in [-0.2, -0.15) is 0 Å². The highest BCUT2D eigenvalue weighted by Gasteiger charge is 2.18. The van der Waals surface area contributed by atoms with E-state index in [-0.39, 0.29) is 11.8 Å². The molecule has 0 aromatic heterocycles. The van der Waals surface area contributed by atoms with Crippen LogP contribution in [-0.2, 0) is 11.2 Å². The van der Waals surface area contributed by atoms with Crippen molar-refractivity contribution < 1.29 is 19.0 Å². The van der Waals surface area contributed by atoms with Crippen molar-refractivity contribution in [2.45, 2.75) is 19.8 Å². The Hall–Kier alpha value is -1.91. The number of hydrogen-bond donors (Lipinski definition) is 1.